The Labute approximate surface area is 90.3 Å². The first-order chi connectivity index (χ1) is 7.31. The van der Waals surface area contributed by atoms with Crippen LogP contribution < -0.4 is 0 Å². The van der Waals surface area contributed by atoms with Crippen molar-refractivity contribution in [3.8, 4) is 0 Å². The van der Waals surface area contributed by atoms with Gasteiger partial charge in [-0.05, 0) is 18.4 Å². The number of carbonyl (C=O) groups excluding carboxylic acids is 1. The molecule has 1 aromatic rings. The van der Waals surface area contributed by atoms with Crippen LogP contribution in [0, 0.1) is 0 Å². The molecule has 0 amide bonds. The molecule has 1 heterocycles. The number of hydrogen-bond donors (Lipinski definition) is 0. The maximum Gasteiger partial charge on any atom is 0.306 e. The summed E-state index contributed by atoms with van der Waals surface area (Å²) < 4.78 is 5.33. The lowest BCUT2D eigenvalue weighted by atomic mass is 9.90. The van der Waals surface area contributed by atoms with Crippen LogP contribution in [0.2, 0.25) is 0 Å². The van der Waals surface area contributed by atoms with Crippen molar-refractivity contribution in [3.05, 3.63) is 35.9 Å². The van der Waals surface area contributed by atoms with Crippen LogP contribution in [-0.4, -0.2) is 12.1 Å². The molecule has 2 nitrogen and oxygen atoms in total. The first-order valence-electron chi connectivity index (χ1n) is 5.55. The van der Waals surface area contributed by atoms with Crippen LogP contribution in [0.4, 0.5) is 0 Å². The van der Waals surface area contributed by atoms with Gasteiger partial charge in [0.15, 0.2) is 0 Å². The highest BCUT2D eigenvalue weighted by Gasteiger charge is 2.30. The minimum Gasteiger partial charge on any atom is -0.462 e. The molecule has 1 aliphatic heterocycles. The van der Waals surface area contributed by atoms with Gasteiger partial charge < -0.3 is 4.74 Å². The Balaban J connectivity index is 2.14. The van der Waals surface area contributed by atoms with Gasteiger partial charge in [-0.2, -0.15) is 0 Å². The smallest absolute Gasteiger partial charge is 0.306 e. The monoisotopic (exact) mass is 204 g/mol. The molecular formula is C13H16O2. The van der Waals surface area contributed by atoms with E-state index in [2.05, 4.69) is 19.1 Å². The summed E-state index contributed by atoms with van der Waals surface area (Å²) in [6.45, 7) is 2.14. The molecule has 1 aliphatic rings. The zero-order valence-corrected chi connectivity index (χ0v) is 8.98. The summed E-state index contributed by atoms with van der Waals surface area (Å²) in [6, 6.07) is 10.3. The second-order valence-electron chi connectivity index (χ2n) is 3.99. The molecule has 15 heavy (non-hydrogen) atoms. The number of carbonyl (C=O) groups is 1. The molecule has 0 saturated carbocycles. The summed E-state index contributed by atoms with van der Waals surface area (Å²) in [7, 11) is 0. The summed E-state index contributed by atoms with van der Waals surface area (Å²) >= 11 is 0. The standard InChI is InChI=1S/C13H16O2/c1-2-11(10-6-4-3-5-7-10)12-8-9-13(14)15-12/h3-7,11-12H,2,8-9H2,1H3. The second-order valence-corrected chi connectivity index (χ2v) is 3.99. The molecule has 0 spiro atoms. The van der Waals surface area contributed by atoms with E-state index in [1.54, 1.807) is 0 Å². The molecule has 2 atom stereocenters. The Kier molecular flexibility index (Phi) is 3.05. The highest BCUT2D eigenvalue weighted by Crippen LogP contribution is 2.31. The summed E-state index contributed by atoms with van der Waals surface area (Å²) in [4.78, 5) is 11.1. The average molecular weight is 204 g/mol. The molecule has 80 valence electrons. The van der Waals surface area contributed by atoms with Crippen LogP contribution in [-0.2, 0) is 9.53 Å². The van der Waals surface area contributed by atoms with E-state index in [1.807, 2.05) is 18.2 Å². The van der Waals surface area contributed by atoms with Crippen LogP contribution in [0.3, 0.4) is 0 Å². The molecule has 0 aliphatic carbocycles. The van der Waals surface area contributed by atoms with Gasteiger partial charge in [0, 0.05) is 12.3 Å². The van der Waals surface area contributed by atoms with E-state index < -0.39 is 0 Å². The van der Waals surface area contributed by atoms with E-state index in [-0.39, 0.29) is 12.1 Å². The average Bonchev–Trinajstić information content (AvgIpc) is 2.68. The van der Waals surface area contributed by atoms with Crippen LogP contribution in [0.1, 0.15) is 37.7 Å². The fraction of sp³-hybridized carbons (Fsp3) is 0.462. The summed E-state index contributed by atoms with van der Waals surface area (Å²) in [5, 5.41) is 0. The van der Waals surface area contributed by atoms with Gasteiger partial charge in [0.2, 0.25) is 0 Å². The van der Waals surface area contributed by atoms with Gasteiger partial charge in [0.25, 0.3) is 0 Å². The van der Waals surface area contributed by atoms with Gasteiger partial charge in [0.1, 0.15) is 6.10 Å². The maximum absolute atomic E-state index is 11.1. The Bertz CT molecular complexity index is 332. The Hall–Kier alpha value is -1.31. The summed E-state index contributed by atoms with van der Waals surface area (Å²) in [6.07, 6.45) is 2.55. The normalized spacial score (nSPS) is 22.5. The van der Waals surface area contributed by atoms with Crippen molar-refractivity contribution in [2.75, 3.05) is 0 Å². The van der Waals surface area contributed by atoms with Crippen molar-refractivity contribution in [1.82, 2.24) is 0 Å². The minimum atomic E-state index is -0.0469. The number of benzene rings is 1. The predicted molar refractivity (Wildman–Crippen MR) is 58.6 cm³/mol. The zero-order valence-electron chi connectivity index (χ0n) is 8.98. The van der Waals surface area contributed by atoms with Gasteiger partial charge in [0.05, 0.1) is 0 Å². The molecule has 0 aromatic heterocycles. The quantitative estimate of drug-likeness (QED) is 0.708. The van der Waals surface area contributed by atoms with E-state index >= 15 is 0 Å². The van der Waals surface area contributed by atoms with Crippen LogP contribution in [0.15, 0.2) is 30.3 Å². The Morgan fingerprint density at radius 2 is 2.13 bits per heavy atom. The van der Waals surface area contributed by atoms with E-state index in [1.165, 1.54) is 5.56 Å². The fourth-order valence-electron chi connectivity index (χ4n) is 2.24. The number of esters is 1. The lowest BCUT2D eigenvalue weighted by molar-refractivity contribution is -0.142. The number of ether oxygens (including phenoxy) is 1. The van der Waals surface area contributed by atoms with Gasteiger partial charge in [-0.3, -0.25) is 4.79 Å². The highest BCUT2D eigenvalue weighted by molar-refractivity contribution is 5.71. The van der Waals surface area contributed by atoms with E-state index in [4.69, 9.17) is 4.74 Å². The second kappa shape index (κ2) is 4.47. The molecule has 2 heteroatoms. The van der Waals surface area contributed by atoms with Gasteiger partial charge in [-0.1, -0.05) is 37.3 Å². The molecule has 0 radical (unpaired) electrons. The predicted octanol–water partition coefficient (Wildman–Crippen LogP) is 2.89. The number of hydrogen-bond acceptors (Lipinski definition) is 2. The molecule has 1 fully saturated rings. The number of rotatable bonds is 3. The summed E-state index contributed by atoms with van der Waals surface area (Å²) in [5.41, 5.74) is 1.28. The van der Waals surface area contributed by atoms with E-state index in [0.29, 0.717) is 12.3 Å². The first kappa shape index (κ1) is 10.2. The third kappa shape index (κ3) is 2.20. The topological polar surface area (TPSA) is 26.3 Å². The third-order valence-electron chi connectivity index (χ3n) is 3.03. The largest absolute Gasteiger partial charge is 0.462 e. The van der Waals surface area contributed by atoms with Gasteiger partial charge in [-0.15, -0.1) is 0 Å². The van der Waals surface area contributed by atoms with Crippen molar-refractivity contribution in [3.63, 3.8) is 0 Å². The molecule has 2 rings (SSSR count). The lowest BCUT2D eigenvalue weighted by Gasteiger charge is -2.21. The van der Waals surface area contributed by atoms with Gasteiger partial charge >= 0.3 is 5.97 Å². The van der Waals surface area contributed by atoms with Gasteiger partial charge in [-0.25, -0.2) is 0 Å². The van der Waals surface area contributed by atoms with Crippen LogP contribution >= 0.6 is 0 Å². The van der Waals surface area contributed by atoms with E-state index in [0.717, 1.165) is 12.8 Å². The molecular weight excluding hydrogens is 188 g/mol. The van der Waals surface area contributed by atoms with E-state index in [9.17, 15) is 4.79 Å². The zero-order chi connectivity index (χ0) is 10.7. The molecule has 0 N–H and O–H groups in total. The maximum atomic E-state index is 11.1. The Morgan fingerprint density at radius 3 is 2.67 bits per heavy atom. The van der Waals surface area contributed by atoms with Crippen molar-refractivity contribution in [2.24, 2.45) is 0 Å². The first-order valence-corrected chi connectivity index (χ1v) is 5.55. The SMILES string of the molecule is CCC(c1ccccc1)C1CCC(=O)O1. The van der Waals surface area contributed by atoms with Crippen molar-refractivity contribution in [1.29, 1.82) is 0 Å². The lowest BCUT2D eigenvalue weighted by Crippen LogP contribution is -2.17. The number of cyclic esters (lactones) is 1. The molecule has 1 saturated heterocycles. The fourth-order valence-corrected chi connectivity index (χ4v) is 2.24. The summed E-state index contributed by atoms with van der Waals surface area (Å²) in [5.74, 6) is 0.312. The van der Waals surface area contributed by atoms with Crippen molar-refractivity contribution >= 4 is 5.97 Å². The van der Waals surface area contributed by atoms with Crippen molar-refractivity contribution < 1.29 is 9.53 Å². The highest BCUT2D eigenvalue weighted by atomic mass is 16.5. The molecule has 1 aromatic carbocycles. The third-order valence-corrected chi connectivity index (χ3v) is 3.03. The Morgan fingerprint density at radius 1 is 1.40 bits per heavy atom. The molecule has 0 bridgehead atoms. The van der Waals surface area contributed by atoms with Crippen LogP contribution in [0.25, 0.3) is 0 Å². The van der Waals surface area contributed by atoms with Crippen LogP contribution in [0.5, 0.6) is 0 Å². The van der Waals surface area contributed by atoms with Crippen molar-refractivity contribution in [2.45, 2.75) is 38.2 Å². The molecule has 2 unspecified atom stereocenters. The minimum absolute atomic E-state index is 0.0469.